The molecule has 32 heavy (non-hydrogen) atoms. The average molecular weight is 430 g/mol. The topological polar surface area (TPSA) is 112 Å². The summed E-state index contributed by atoms with van der Waals surface area (Å²) in [7, 11) is 0. The summed E-state index contributed by atoms with van der Waals surface area (Å²) in [6.07, 6.45) is 2.95. The molecule has 1 aliphatic heterocycles. The first-order valence-electron chi connectivity index (χ1n) is 10.5. The van der Waals surface area contributed by atoms with Crippen LogP contribution >= 0.6 is 0 Å². The predicted molar refractivity (Wildman–Crippen MR) is 119 cm³/mol. The Morgan fingerprint density at radius 1 is 1.09 bits per heavy atom. The number of carbonyl (C=O) groups excluding carboxylic acids is 2. The van der Waals surface area contributed by atoms with Gasteiger partial charge in [-0.3, -0.25) is 14.4 Å². The molecule has 162 valence electrons. The zero-order valence-electron chi connectivity index (χ0n) is 17.5. The van der Waals surface area contributed by atoms with Crippen LogP contribution in [0.25, 0.3) is 16.4 Å². The number of hydrogen-bond donors (Lipinski definition) is 2. The van der Waals surface area contributed by atoms with Gasteiger partial charge in [-0.25, -0.2) is 9.50 Å². The number of piperidine rings is 1. The molecule has 1 fully saturated rings. The molecular weight excluding hydrogens is 408 g/mol. The Kier molecular flexibility index (Phi) is 4.93. The summed E-state index contributed by atoms with van der Waals surface area (Å²) in [5.41, 5.74) is 2.13. The standard InChI is InChI=1S/C23H22N6O3/c1-14-13-29-20(22(31)24-14)12-19(27-29)23(32)28-10-8-16(9-11-28)25-21(30)18-7-6-15-4-2-3-5-17(15)26-18/h2-7,12-13,16H,8-11H2,1H3,(H,24,31)(H,25,30). The van der Waals surface area contributed by atoms with E-state index in [1.807, 2.05) is 30.3 Å². The summed E-state index contributed by atoms with van der Waals surface area (Å²) in [4.78, 5) is 46.4. The summed E-state index contributed by atoms with van der Waals surface area (Å²) < 4.78 is 1.44. The van der Waals surface area contributed by atoms with Gasteiger partial charge in [0.05, 0.1) is 5.52 Å². The van der Waals surface area contributed by atoms with Crippen molar-refractivity contribution in [2.75, 3.05) is 13.1 Å². The van der Waals surface area contributed by atoms with Crippen molar-refractivity contribution >= 4 is 28.2 Å². The number of fused-ring (bicyclic) bond motifs is 2. The molecule has 1 aliphatic rings. The number of aromatic nitrogens is 4. The maximum absolute atomic E-state index is 12.9. The molecule has 4 aromatic rings. The van der Waals surface area contributed by atoms with Crippen LogP contribution in [-0.4, -0.2) is 55.4 Å². The molecule has 0 radical (unpaired) electrons. The number of benzene rings is 1. The monoisotopic (exact) mass is 430 g/mol. The van der Waals surface area contributed by atoms with E-state index in [2.05, 4.69) is 20.4 Å². The third-order valence-corrected chi connectivity index (χ3v) is 5.76. The second-order valence-corrected chi connectivity index (χ2v) is 8.05. The summed E-state index contributed by atoms with van der Waals surface area (Å²) >= 11 is 0. The largest absolute Gasteiger partial charge is 0.348 e. The van der Waals surface area contributed by atoms with Crippen LogP contribution in [0.5, 0.6) is 0 Å². The van der Waals surface area contributed by atoms with Crippen LogP contribution in [-0.2, 0) is 0 Å². The van der Waals surface area contributed by atoms with Gasteiger partial charge in [-0.2, -0.15) is 5.10 Å². The van der Waals surface area contributed by atoms with Gasteiger partial charge in [0.2, 0.25) is 0 Å². The SMILES string of the molecule is Cc1cn2nc(C(=O)N3CCC(NC(=O)c4ccc5ccccc5n4)CC3)cc2c(=O)[nH]1. The maximum atomic E-state index is 12.9. The van der Waals surface area contributed by atoms with Gasteiger partial charge < -0.3 is 15.2 Å². The average Bonchev–Trinajstić information content (AvgIpc) is 3.23. The number of nitrogens with one attached hydrogen (secondary N) is 2. The zero-order chi connectivity index (χ0) is 22.2. The molecule has 5 rings (SSSR count). The third-order valence-electron chi connectivity index (χ3n) is 5.76. The Morgan fingerprint density at radius 3 is 2.69 bits per heavy atom. The molecule has 4 heterocycles. The Bertz CT molecular complexity index is 1400. The predicted octanol–water partition coefficient (Wildman–Crippen LogP) is 1.91. The Balaban J connectivity index is 1.22. The summed E-state index contributed by atoms with van der Waals surface area (Å²) in [5.74, 6) is -0.429. The summed E-state index contributed by atoms with van der Waals surface area (Å²) in [5, 5.41) is 8.28. The van der Waals surface area contributed by atoms with Crippen molar-refractivity contribution in [2.24, 2.45) is 0 Å². The molecule has 3 aromatic heterocycles. The molecule has 0 spiro atoms. The first-order valence-corrected chi connectivity index (χ1v) is 10.5. The number of aromatic amines is 1. The van der Waals surface area contributed by atoms with Gasteiger partial charge in [0.1, 0.15) is 11.2 Å². The van der Waals surface area contributed by atoms with Crippen molar-refractivity contribution in [3.8, 4) is 0 Å². The van der Waals surface area contributed by atoms with Crippen LogP contribution in [0.1, 0.15) is 39.5 Å². The molecule has 0 atom stereocenters. The van der Waals surface area contributed by atoms with E-state index in [1.165, 1.54) is 10.6 Å². The first-order chi connectivity index (χ1) is 15.5. The highest BCUT2D eigenvalue weighted by atomic mass is 16.2. The molecule has 2 N–H and O–H groups in total. The molecule has 9 heteroatoms. The van der Waals surface area contributed by atoms with Crippen molar-refractivity contribution in [1.29, 1.82) is 0 Å². The number of aryl methyl sites for hydroxylation is 1. The van der Waals surface area contributed by atoms with E-state index in [9.17, 15) is 14.4 Å². The molecule has 0 unspecified atom stereocenters. The number of para-hydroxylation sites is 1. The molecular formula is C23H22N6O3. The van der Waals surface area contributed by atoms with E-state index < -0.39 is 0 Å². The first kappa shape index (κ1) is 19.9. The van der Waals surface area contributed by atoms with E-state index in [0.717, 1.165) is 10.9 Å². The van der Waals surface area contributed by atoms with Crippen LogP contribution in [0.3, 0.4) is 0 Å². The minimum atomic E-state index is -0.278. The van der Waals surface area contributed by atoms with Gasteiger partial charge in [0.15, 0.2) is 5.69 Å². The van der Waals surface area contributed by atoms with Crippen molar-refractivity contribution in [3.05, 3.63) is 76.1 Å². The second kappa shape index (κ2) is 7.92. The Morgan fingerprint density at radius 2 is 1.88 bits per heavy atom. The van der Waals surface area contributed by atoms with E-state index in [0.29, 0.717) is 42.8 Å². The van der Waals surface area contributed by atoms with Gasteiger partial charge in [-0.1, -0.05) is 24.3 Å². The molecule has 1 saturated heterocycles. The normalized spacial score (nSPS) is 14.7. The fourth-order valence-corrected chi connectivity index (χ4v) is 4.07. The van der Waals surface area contributed by atoms with Crippen LogP contribution in [0.15, 0.2) is 53.5 Å². The van der Waals surface area contributed by atoms with Crippen molar-refractivity contribution in [3.63, 3.8) is 0 Å². The number of carbonyl (C=O) groups is 2. The molecule has 0 aliphatic carbocycles. The summed E-state index contributed by atoms with van der Waals surface area (Å²) in [6.45, 7) is 2.76. The van der Waals surface area contributed by atoms with Gasteiger partial charge in [-0.15, -0.1) is 0 Å². The van der Waals surface area contributed by atoms with E-state index in [-0.39, 0.29) is 29.1 Å². The second-order valence-electron chi connectivity index (χ2n) is 8.05. The van der Waals surface area contributed by atoms with E-state index in [1.54, 1.807) is 24.1 Å². The number of pyridine rings is 1. The molecule has 0 saturated carbocycles. The van der Waals surface area contributed by atoms with Crippen LogP contribution in [0.4, 0.5) is 0 Å². The van der Waals surface area contributed by atoms with Gasteiger partial charge in [0, 0.05) is 42.5 Å². The zero-order valence-corrected chi connectivity index (χ0v) is 17.5. The van der Waals surface area contributed by atoms with Gasteiger partial charge in [0.25, 0.3) is 17.4 Å². The smallest absolute Gasteiger partial charge is 0.274 e. The van der Waals surface area contributed by atoms with Gasteiger partial charge >= 0.3 is 0 Å². The minimum Gasteiger partial charge on any atom is -0.348 e. The lowest BCUT2D eigenvalue weighted by Gasteiger charge is -2.31. The number of nitrogens with zero attached hydrogens (tertiary/aromatic N) is 4. The van der Waals surface area contributed by atoms with Gasteiger partial charge in [-0.05, 0) is 31.9 Å². The lowest BCUT2D eigenvalue weighted by atomic mass is 10.0. The maximum Gasteiger partial charge on any atom is 0.274 e. The summed E-state index contributed by atoms with van der Waals surface area (Å²) in [6, 6.07) is 12.8. The lowest BCUT2D eigenvalue weighted by molar-refractivity contribution is 0.0691. The number of likely N-dealkylation sites (tertiary alicyclic amines) is 1. The Hall–Kier alpha value is -4.01. The molecule has 1 aromatic carbocycles. The van der Waals surface area contributed by atoms with E-state index in [4.69, 9.17) is 0 Å². The van der Waals surface area contributed by atoms with Crippen molar-refractivity contribution < 1.29 is 9.59 Å². The quantitative estimate of drug-likeness (QED) is 0.516. The number of amides is 2. The minimum absolute atomic E-state index is 0.0358. The van der Waals surface area contributed by atoms with Crippen molar-refractivity contribution in [1.82, 2.24) is 29.8 Å². The fraction of sp³-hybridized carbons (Fsp3) is 0.261. The highest BCUT2D eigenvalue weighted by Gasteiger charge is 2.27. The van der Waals surface area contributed by atoms with Crippen LogP contribution < -0.4 is 10.9 Å². The fourth-order valence-electron chi connectivity index (χ4n) is 4.07. The molecule has 0 bridgehead atoms. The van der Waals surface area contributed by atoms with Crippen molar-refractivity contribution in [2.45, 2.75) is 25.8 Å². The third kappa shape index (κ3) is 3.73. The van der Waals surface area contributed by atoms with E-state index >= 15 is 0 Å². The highest BCUT2D eigenvalue weighted by molar-refractivity contribution is 5.95. The van der Waals surface area contributed by atoms with Crippen LogP contribution in [0.2, 0.25) is 0 Å². The molecule has 9 nitrogen and oxygen atoms in total. The highest BCUT2D eigenvalue weighted by Crippen LogP contribution is 2.16. The molecule has 2 amide bonds. The number of rotatable bonds is 3. The number of H-pyrrole nitrogens is 1. The lowest BCUT2D eigenvalue weighted by Crippen LogP contribution is -2.46. The Labute approximate surface area is 183 Å². The number of hydrogen-bond acceptors (Lipinski definition) is 5. The van der Waals surface area contributed by atoms with Crippen LogP contribution in [0, 0.1) is 6.92 Å².